The third-order valence-electron chi connectivity index (χ3n) is 6.55. The Kier molecular flexibility index (Phi) is 8.81. The maximum absolute atomic E-state index is 10.9. The summed E-state index contributed by atoms with van der Waals surface area (Å²) in [7, 11) is -1.95. The summed E-state index contributed by atoms with van der Waals surface area (Å²) in [5, 5.41) is 10.9. The maximum atomic E-state index is 10.9. The Labute approximate surface area is 179 Å². The Bertz CT molecular complexity index is 571. The van der Waals surface area contributed by atoms with Crippen LogP contribution in [0.1, 0.15) is 61.3 Å². The van der Waals surface area contributed by atoms with Crippen molar-refractivity contribution in [2.75, 3.05) is 13.2 Å². The van der Waals surface area contributed by atoms with Gasteiger partial charge in [-0.15, -0.1) is 0 Å². The van der Waals surface area contributed by atoms with Gasteiger partial charge in [0.1, 0.15) is 0 Å². The van der Waals surface area contributed by atoms with E-state index in [1.54, 1.807) is 0 Å². The Balaban J connectivity index is 2.30. The molecule has 1 fully saturated rings. The van der Waals surface area contributed by atoms with E-state index in [1.807, 2.05) is 0 Å². The van der Waals surface area contributed by atoms with Crippen LogP contribution >= 0.6 is 0 Å². The second-order valence-electron chi connectivity index (χ2n) is 9.24. The molecule has 0 spiro atoms. The van der Waals surface area contributed by atoms with Crippen LogP contribution in [0.4, 0.5) is 0 Å². The number of hydrogen-bond donors (Lipinski definition) is 1. The van der Waals surface area contributed by atoms with E-state index in [1.165, 1.54) is 4.46 Å². The number of hydrogen-bond acceptors (Lipinski definition) is 3. The topological polar surface area (TPSA) is 38.7 Å². The molecule has 0 bridgehead atoms. The predicted molar refractivity (Wildman–Crippen MR) is 122 cm³/mol. The molecule has 28 heavy (non-hydrogen) atoms. The van der Waals surface area contributed by atoms with Crippen LogP contribution in [0.25, 0.3) is 0 Å². The number of rotatable bonds is 9. The molecule has 0 saturated carbocycles. The third-order valence-corrected chi connectivity index (χ3v) is 15.6. The van der Waals surface area contributed by atoms with Crippen molar-refractivity contribution in [1.29, 1.82) is 0 Å². The van der Waals surface area contributed by atoms with Gasteiger partial charge in [0.05, 0.1) is 0 Å². The van der Waals surface area contributed by atoms with Crippen molar-refractivity contribution in [3.05, 3.63) is 30.3 Å². The Morgan fingerprint density at radius 1 is 1.11 bits per heavy atom. The van der Waals surface area contributed by atoms with Gasteiger partial charge in [-0.25, -0.2) is 0 Å². The van der Waals surface area contributed by atoms with E-state index in [9.17, 15) is 5.11 Å². The van der Waals surface area contributed by atoms with Gasteiger partial charge in [-0.05, 0) is 0 Å². The normalized spacial score (nSPS) is 24.9. The van der Waals surface area contributed by atoms with Crippen molar-refractivity contribution in [1.82, 2.24) is 0 Å². The van der Waals surface area contributed by atoms with Crippen molar-refractivity contribution in [2.24, 2.45) is 0 Å². The molecule has 160 valence electrons. The monoisotopic (exact) mass is 472 g/mol. The van der Waals surface area contributed by atoms with E-state index in [0.29, 0.717) is 23.2 Å². The molecule has 1 aromatic rings. The van der Waals surface area contributed by atoms with E-state index >= 15 is 0 Å². The summed E-state index contributed by atoms with van der Waals surface area (Å²) in [4.78, 5) is 0.195. The van der Waals surface area contributed by atoms with Gasteiger partial charge >= 0.3 is 180 Å². The third kappa shape index (κ3) is 5.11. The van der Waals surface area contributed by atoms with Gasteiger partial charge in [-0.2, -0.15) is 0 Å². The van der Waals surface area contributed by atoms with E-state index < -0.39 is 20.0 Å². The Morgan fingerprint density at radius 2 is 1.68 bits per heavy atom. The molecule has 5 heteroatoms. The zero-order chi connectivity index (χ0) is 20.9. The summed E-state index contributed by atoms with van der Waals surface area (Å²) in [6.45, 7) is 17.5. The molecule has 1 saturated heterocycles. The molecular weight excluding hydrogens is 431 g/mol. The van der Waals surface area contributed by atoms with Crippen LogP contribution in [0.5, 0.6) is 0 Å². The quantitative estimate of drug-likeness (QED) is 0.519. The number of benzene rings is 1. The van der Waals surface area contributed by atoms with Crippen LogP contribution in [0.15, 0.2) is 30.3 Å². The van der Waals surface area contributed by atoms with Crippen LogP contribution in [-0.2, 0) is 9.16 Å². The molecule has 1 aromatic carbocycles. The van der Waals surface area contributed by atoms with Crippen molar-refractivity contribution in [3.8, 4) is 0 Å². The minimum atomic E-state index is -1.95. The summed E-state index contributed by atoms with van der Waals surface area (Å²) in [5.74, 6) is 0. The summed E-state index contributed by atoms with van der Waals surface area (Å²) in [6, 6.07) is 10.7. The van der Waals surface area contributed by atoms with Gasteiger partial charge in [0, 0.05) is 0 Å². The Hall–Kier alpha value is -0.164. The van der Waals surface area contributed by atoms with Gasteiger partial charge in [0.2, 0.25) is 0 Å². The molecule has 1 aliphatic rings. The number of aliphatic hydroxyl groups excluding tert-OH is 1. The van der Waals surface area contributed by atoms with Gasteiger partial charge in [0.15, 0.2) is 0 Å². The molecule has 1 heterocycles. The van der Waals surface area contributed by atoms with Gasteiger partial charge in [0.25, 0.3) is 0 Å². The zero-order valence-electron chi connectivity index (χ0n) is 18.8. The first kappa shape index (κ1) is 24.1. The van der Waals surface area contributed by atoms with E-state index in [-0.39, 0.29) is 19.8 Å². The molecule has 2 rings (SSSR count). The van der Waals surface area contributed by atoms with Crippen molar-refractivity contribution in [2.45, 2.75) is 94.5 Å². The first-order chi connectivity index (χ1) is 13.1. The molecule has 0 amide bonds. The van der Waals surface area contributed by atoms with Gasteiger partial charge < -0.3 is 0 Å². The first-order valence-corrected chi connectivity index (χ1v) is 14.8. The van der Waals surface area contributed by atoms with Crippen LogP contribution in [0.3, 0.4) is 0 Å². The summed E-state index contributed by atoms with van der Waals surface area (Å²) >= 11 is 0.180. The SMILES string of the molecule is CC(C)[Si](OC[C@@H]([Se]c1ccccc1)[C@]1(C)OCCC[C@H]1O)(C(C)C)C(C)C. The minimum absolute atomic E-state index is 0.180. The zero-order valence-corrected chi connectivity index (χ0v) is 21.5. The fraction of sp³-hybridized carbons (Fsp3) is 0.739. The second kappa shape index (κ2) is 10.2. The molecule has 1 N–H and O–H groups in total. The van der Waals surface area contributed by atoms with E-state index in [4.69, 9.17) is 9.16 Å². The summed E-state index contributed by atoms with van der Waals surface area (Å²) < 4.78 is 14.6. The standard InChI is InChI=1S/C23H40O3SeSi/c1-17(2)28(18(3)4,19(5)6)26-16-22(27-20-12-9-8-10-13-20)23(7)21(24)14-11-15-25-23/h8-10,12-13,17-19,21-22,24H,11,14-16H2,1-7H3/t21-,22-,23-/m1/s1. The van der Waals surface area contributed by atoms with Crippen LogP contribution in [-0.4, -0.2) is 53.3 Å². The van der Waals surface area contributed by atoms with Crippen molar-refractivity contribution >= 4 is 27.7 Å². The van der Waals surface area contributed by atoms with E-state index in [2.05, 4.69) is 78.8 Å². The van der Waals surface area contributed by atoms with Gasteiger partial charge in [-0.1, -0.05) is 0 Å². The first-order valence-electron chi connectivity index (χ1n) is 10.8. The second-order valence-corrected chi connectivity index (χ2v) is 17.4. The molecule has 3 atom stereocenters. The molecule has 0 aliphatic carbocycles. The van der Waals surface area contributed by atoms with Crippen LogP contribution in [0.2, 0.25) is 21.4 Å². The molecule has 0 radical (unpaired) electrons. The summed E-state index contributed by atoms with van der Waals surface area (Å²) in [5.41, 5.74) is 1.14. The number of aliphatic hydroxyl groups is 1. The molecular formula is C23H40O3SeSi. The average molecular weight is 472 g/mol. The summed E-state index contributed by atoms with van der Waals surface area (Å²) in [6.07, 6.45) is 1.33. The number of ether oxygens (including phenoxy) is 1. The molecule has 1 aliphatic heterocycles. The molecule has 0 aromatic heterocycles. The Morgan fingerprint density at radius 3 is 2.18 bits per heavy atom. The van der Waals surface area contributed by atoms with Crippen LogP contribution in [0, 0.1) is 0 Å². The van der Waals surface area contributed by atoms with E-state index in [0.717, 1.165) is 19.4 Å². The fourth-order valence-corrected chi connectivity index (χ4v) is 13.3. The van der Waals surface area contributed by atoms with Gasteiger partial charge in [-0.3, -0.25) is 0 Å². The van der Waals surface area contributed by atoms with Crippen LogP contribution < -0.4 is 4.46 Å². The average Bonchev–Trinajstić information content (AvgIpc) is 2.63. The van der Waals surface area contributed by atoms with Crippen molar-refractivity contribution in [3.63, 3.8) is 0 Å². The van der Waals surface area contributed by atoms with Crippen molar-refractivity contribution < 1.29 is 14.3 Å². The fourth-order valence-electron chi connectivity index (χ4n) is 4.96. The predicted octanol–water partition coefficient (Wildman–Crippen LogP) is 4.93. The molecule has 0 unspecified atom stereocenters. The molecule has 3 nitrogen and oxygen atoms in total.